The first kappa shape index (κ1) is 15.2. The van der Waals surface area contributed by atoms with Crippen LogP contribution in [-0.2, 0) is 14.6 Å². The fraction of sp³-hybridized carbons (Fsp3) is 0.333. The van der Waals surface area contributed by atoms with Gasteiger partial charge in [-0.3, -0.25) is 9.59 Å². The number of carbonyl (C=O) groups excluding carboxylic acids is 1. The molecule has 0 fully saturated rings. The third-order valence-corrected chi connectivity index (χ3v) is 3.53. The van der Waals surface area contributed by atoms with Gasteiger partial charge in [0.1, 0.15) is 0 Å². The molecule has 0 bridgehead atoms. The molecule has 0 saturated carbocycles. The number of hydrogen-bond donors (Lipinski definition) is 2. The molecule has 0 spiro atoms. The fourth-order valence-electron chi connectivity index (χ4n) is 1.40. The molecule has 0 aliphatic heterocycles. The molecule has 1 aromatic carbocycles. The van der Waals surface area contributed by atoms with Crippen LogP contribution in [0.2, 0.25) is 0 Å². The molecular weight excluding hydrogens is 270 g/mol. The van der Waals surface area contributed by atoms with Crippen LogP contribution in [0.25, 0.3) is 0 Å². The Morgan fingerprint density at radius 1 is 1.21 bits per heavy atom. The first-order chi connectivity index (χ1) is 8.80. The van der Waals surface area contributed by atoms with E-state index in [1.54, 1.807) is 0 Å². The molecule has 0 aliphatic rings. The Kier molecular flexibility index (Phi) is 5.05. The van der Waals surface area contributed by atoms with E-state index in [0.29, 0.717) is 12.0 Å². The van der Waals surface area contributed by atoms with Crippen LogP contribution in [0.5, 0.6) is 0 Å². The van der Waals surface area contributed by atoms with Crippen LogP contribution >= 0.6 is 0 Å². The molecule has 0 radical (unpaired) electrons. The molecular formula is C12H15NO5S. The van der Waals surface area contributed by atoms with Gasteiger partial charge in [0, 0.05) is 24.8 Å². The van der Waals surface area contributed by atoms with Crippen molar-refractivity contribution in [1.29, 1.82) is 0 Å². The standard InChI is InChI=1S/C12H15NO5S/c1-19(17,18)10-6-4-9(5-7-10)12(16)13-8-2-3-11(14)15/h4-7H,2-3,8H2,1H3,(H,13,16)(H,14,15). The van der Waals surface area contributed by atoms with Crippen LogP contribution in [0.4, 0.5) is 0 Å². The Balaban J connectivity index is 2.56. The van der Waals surface area contributed by atoms with E-state index in [2.05, 4.69) is 5.32 Å². The van der Waals surface area contributed by atoms with Crippen molar-refractivity contribution >= 4 is 21.7 Å². The summed E-state index contributed by atoms with van der Waals surface area (Å²) in [6.07, 6.45) is 1.43. The molecule has 6 nitrogen and oxygen atoms in total. The van der Waals surface area contributed by atoms with Crippen molar-refractivity contribution in [3.05, 3.63) is 29.8 Å². The molecule has 1 aromatic rings. The van der Waals surface area contributed by atoms with Gasteiger partial charge in [-0.1, -0.05) is 0 Å². The highest BCUT2D eigenvalue weighted by atomic mass is 32.2. The maximum Gasteiger partial charge on any atom is 0.303 e. The second-order valence-electron chi connectivity index (χ2n) is 4.05. The van der Waals surface area contributed by atoms with Crippen LogP contribution in [0, 0.1) is 0 Å². The number of rotatable bonds is 6. The molecule has 0 saturated heterocycles. The quantitative estimate of drug-likeness (QED) is 0.749. The van der Waals surface area contributed by atoms with E-state index in [1.807, 2.05) is 0 Å². The number of aliphatic carboxylic acids is 1. The Hall–Kier alpha value is -1.89. The van der Waals surface area contributed by atoms with Crippen LogP contribution in [0.3, 0.4) is 0 Å². The first-order valence-electron chi connectivity index (χ1n) is 5.61. The van der Waals surface area contributed by atoms with Gasteiger partial charge in [-0.2, -0.15) is 0 Å². The second-order valence-corrected chi connectivity index (χ2v) is 6.07. The van der Waals surface area contributed by atoms with Crippen molar-refractivity contribution in [2.24, 2.45) is 0 Å². The number of benzene rings is 1. The van der Waals surface area contributed by atoms with E-state index in [1.165, 1.54) is 24.3 Å². The Morgan fingerprint density at radius 3 is 2.26 bits per heavy atom. The normalized spacial score (nSPS) is 11.0. The fourth-order valence-corrected chi connectivity index (χ4v) is 2.03. The van der Waals surface area contributed by atoms with Crippen molar-refractivity contribution in [2.75, 3.05) is 12.8 Å². The monoisotopic (exact) mass is 285 g/mol. The SMILES string of the molecule is CS(=O)(=O)c1ccc(C(=O)NCCCC(=O)O)cc1. The molecule has 104 valence electrons. The largest absolute Gasteiger partial charge is 0.481 e. The van der Waals surface area contributed by atoms with Crippen LogP contribution in [-0.4, -0.2) is 38.2 Å². The lowest BCUT2D eigenvalue weighted by Crippen LogP contribution is -2.24. The maximum absolute atomic E-state index is 11.6. The molecule has 0 unspecified atom stereocenters. The first-order valence-corrected chi connectivity index (χ1v) is 7.50. The molecule has 0 atom stereocenters. The van der Waals surface area contributed by atoms with E-state index in [-0.39, 0.29) is 23.8 Å². The smallest absolute Gasteiger partial charge is 0.303 e. The molecule has 7 heteroatoms. The van der Waals surface area contributed by atoms with E-state index in [0.717, 1.165) is 6.26 Å². The molecule has 0 aliphatic carbocycles. The minimum Gasteiger partial charge on any atom is -0.481 e. The lowest BCUT2D eigenvalue weighted by atomic mass is 10.2. The van der Waals surface area contributed by atoms with Crippen molar-refractivity contribution in [1.82, 2.24) is 5.32 Å². The molecule has 1 rings (SSSR count). The van der Waals surface area contributed by atoms with Gasteiger partial charge >= 0.3 is 5.97 Å². The lowest BCUT2D eigenvalue weighted by Gasteiger charge is -2.05. The van der Waals surface area contributed by atoms with Gasteiger partial charge in [0.25, 0.3) is 5.91 Å². The highest BCUT2D eigenvalue weighted by Gasteiger charge is 2.09. The van der Waals surface area contributed by atoms with Gasteiger partial charge in [-0.15, -0.1) is 0 Å². The molecule has 0 heterocycles. The number of nitrogens with one attached hydrogen (secondary N) is 1. The summed E-state index contributed by atoms with van der Waals surface area (Å²) < 4.78 is 22.5. The van der Waals surface area contributed by atoms with Crippen molar-refractivity contribution in [3.8, 4) is 0 Å². The topological polar surface area (TPSA) is 101 Å². The van der Waals surface area contributed by atoms with Crippen molar-refractivity contribution in [2.45, 2.75) is 17.7 Å². The van der Waals surface area contributed by atoms with Crippen molar-refractivity contribution in [3.63, 3.8) is 0 Å². The van der Waals surface area contributed by atoms with Crippen LogP contribution in [0.15, 0.2) is 29.2 Å². The number of carboxylic acids is 1. The Labute approximate surface area is 111 Å². The zero-order valence-corrected chi connectivity index (χ0v) is 11.2. The highest BCUT2D eigenvalue weighted by molar-refractivity contribution is 7.90. The predicted molar refractivity (Wildman–Crippen MR) is 68.8 cm³/mol. The summed E-state index contributed by atoms with van der Waals surface area (Å²) in [4.78, 5) is 22.1. The van der Waals surface area contributed by atoms with Crippen molar-refractivity contribution < 1.29 is 23.1 Å². The van der Waals surface area contributed by atoms with Gasteiger partial charge in [0.2, 0.25) is 0 Å². The minimum absolute atomic E-state index is 0.00665. The number of carboxylic acid groups (broad SMARTS) is 1. The number of amides is 1. The number of sulfone groups is 1. The zero-order chi connectivity index (χ0) is 14.5. The summed E-state index contributed by atoms with van der Waals surface area (Å²) in [7, 11) is -3.27. The summed E-state index contributed by atoms with van der Waals surface area (Å²) >= 11 is 0. The van der Waals surface area contributed by atoms with Gasteiger partial charge in [0.15, 0.2) is 9.84 Å². The average Bonchev–Trinajstić information content (AvgIpc) is 2.33. The van der Waals surface area contributed by atoms with E-state index in [9.17, 15) is 18.0 Å². The molecule has 0 aromatic heterocycles. The third kappa shape index (κ3) is 5.09. The minimum atomic E-state index is -3.27. The third-order valence-electron chi connectivity index (χ3n) is 2.40. The average molecular weight is 285 g/mol. The molecule has 2 N–H and O–H groups in total. The molecule has 1 amide bonds. The van der Waals surface area contributed by atoms with Gasteiger partial charge < -0.3 is 10.4 Å². The summed E-state index contributed by atoms with van der Waals surface area (Å²) in [5.41, 5.74) is 0.336. The number of hydrogen-bond acceptors (Lipinski definition) is 4. The summed E-state index contributed by atoms with van der Waals surface area (Å²) in [5, 5.41) is 11.0. The van der Waals surface area contributed by atoms with Crippen LogP contribution < -0.4 is 5.32 Å². The zero-order valence-electron chi connectivity index (χ0n) is 10.4. The van der Waals surface area contributed by atoms with Gasteiger partial charge in [0.05, 0.1) is 4.90 Å². The van der Waals surface area contributed by atoms with Crippen LogP contribution in [0.1, 0.15) is 23.2 Å². The Morgan fingerprint density at radius 2 is 1.79 bits per heavy atom. The molecule has 19 heavy (non-hydrogen) atoms. The summed E-state index contributed by atoms with van der Waals surface area (Å²) in [6, 6.07) is 5.56. The van der Waals surface area contributed by atoms with E-state index in [4.69, 9.17) is 5.11 Å². The number of carbonyl (C=O) groups is 2. The second kappa shape index (κ2) is 6.33. The maximum atomic E-state index is 11.6. The van der Waals surface area contributed by atoms with E-state index >= 15 is 0 Å². The van der Waals surface area contributed by atoms with E-state index < -0.39 is 15.8 Å². The summed E-state index contributed by atoms with van der Waals surface area (Å²) in [6.45, 7) is 0.263. The Bertz CT molecular complexity index is 562. The highest BCUT2D eigenvalue weighted by Crippen LogP contribution is 2.10. The lowest BCUT2D eigenvalue weighted by molar-refractivity contribution is -0.137. The van der Waals surface area contributed by atoms with Gasteiger partial charge in [-0.25, -0.2) is 8.42 Å². The predicted octanol–water partition coefficient (Wildman–Crippen LogP) is 0.685. The summed E-state index contributed by atoms with van der Waals surface area (Å²) in [5.74, 6) is -1.27. The van der Waals surface area contributed by atoms with Gasteiger partial charge in [-0.05, 0) is 30.7 Å².